The van der Waals surface area contributed by atoms with Crippen molar-refractivity contribution >= 4 is 34.2 Å². The first-order valence-corrected chi connectivity index (χ1v) is 4.78. The highest BCUT2D eigenvalue weighted by Crippen LogP contribution is 2.25. The molecule has 3 heteroatoms. The van der Waals surface area contributed by atoms with E-state index in [1.807, 2.05) is 25.1 Å². The van der Waals surface area contributed by atoms with Crippen LogP contribution >= 0.6 is 34.2 Å². The van der Waals surface area contributed by atoms with Crippen LogP contribution in [0, 0.1) is 3.57 Å². The summed E-state index contributed by atoms with van der Waals surface area (Å²) in [4.78, 5) is 0. The van der Waals surface area contributed by atoms with Gasteiger partial charge < -0.3 is 5.73 Å². The molecule has 0 saturated heterocycles. The zero-order valence-corrected chi connectivity index (χ0v) is 9.06. The molecule has 0 bridgehead atoms. The van der Waals surface area contributed by atoms with E-state index < -0.39 is 0 Å². The Morgan fingerprint density at radius 2 is 2.18 bits per heavy atom. The second kappa shape index (κ2) is 3.74. The van der Waals surface area contributed by atoms with Gasteiger partial charge in [-0.25, -0.2) is 0 Å². The maximum absolute atomic E-state index is 5.89. The van der Waals surface area contributed by atoms with E-state index in [1.54, 1.807) is 0 Å². The minimum Gasteiger partial charge on any atom is -0.324 e. The molecule has 2 N–H and O–H groups in total. The predicted molar refractivity (Wildman–Crippen MR) is 56.8 cm³/mol. The summed E-state index contributed by atoms with van der Waals surface area (Å²) >= 11 is 8.10. The van der Waals surface area contributed by atoms with E-state index in [2.05, 4.69) is 22.6 Å². The number of nitrogens with two attached hydrogens (primary N) is 1. The maximum Gasteiger partial charge on any atom is 0.0542 e. The van der Waals surface area contributed by atoms with Crippen molar-refractivity contribution in [1.82, 2.24) is 0 Å². The summed E-state index contributed by atoms with van der Waals surface area (Å²) < 4.78 is 1.06. The Morgan fingerprint density at radius 1 is 1.55 bits per heavy atom. The van der Waals surface area contributed by atoms with Crippen LogP contribution in [0.4, 0.5) is 0 Å². The summed E-state index contributed by atoms with van der Waals surface area (Å²) in [6.45, 7) is 1.95. The van der Waals surface area contributed by atoms with Crippen molar-refractivity contribution in [2.45, 2.75) is 13.0 Å². The Kier molecular flexibility index (Phi) is 3.16. The van der Waals surface area contributed by atoms with Gasteiger partial charge in [0.25, 0.3) is 0 Å². The molecule has 0 aliphatic rings. The Balaban J connectivity index is 3.17. The molecule has 1 rings (SSSR count). The fourth-order valence-corrected chi connectivity index (χ4v) is 1.90. The Bertz CT molecular complexity index is 260. The topological polar surface area (TPSA) is 26.0 Å². The lowest BCUT2D eigenvalue weighted by Crippen LogP contribution is -2.06. The third-order valence-electron chi connectivity index (χ3n) is 1.47. The molecule has 0 fully saturated rings. The summed E-state index contributed by atoms with van der Waals surface area (Å²) in [5.41, 5.74) is 6.83. The highest BCUT2D eigenvalue weighted by molar-refractivity contribution is 14.1. The number of hydrogen-bond acceptors (Lipinski definition) is 1. The Morgan fingerprint density at radius 3 is 2.64 bits per heavy atom. The van der Waals surface area contributed by atoms with Crippen LogP contribution in [0.3, 0.4) is 0 Å². The van der Waals surface area contributed by atoms with Crippen molar-refractivity contribution in [3.8, 4) is 0 Å². The second-order valence-corrected chi connectivity index (χ2v) is 3.92. The van der Waals surface area contributed by atoms with Gasteiger partial charge in [-0.05, 0) is 41.1 Å². The molecule has 1 unspecified atom stereocenters. The molecule has 0 aliphatic carbocycles. The van der Waals surface area contributed by atoms with Gasteiger partial charge >= 0.3 is 0 Å². The molecule has 0 spiro atoms. The number of benzene rings is 1. The fraction of sp³-hybridized carbons (Fsp3) is 0.250. The van der Waals surface area contributed by atoms with Gasteiger partial charge in [0.05, 0.1) is 5.02 Å². The largest absolute Gasteiger partial charge is 0.324 e. The lowest BCUT2D eigenvalue weighted by molar-refractivity contribution is 0.813. The minimum absolute atomic E-state index is 0.0561. The van der Waals surface area contributed by atoms with E-state index in [9.17, 15) is 0 Å². The highest BCUT2D eigenvalue weighted by atomic mass is 127. The first kappa shape index (κ1) is 9.29. The number of hydrogen-bond donors (Lipinski definition) is 1. The minimum atomic E-state index is 0.0561. The van der Waals surface area contributed by atoms with E-state index in [4.69, 9.17) is 17.3 Å². The summed E-state index contributed by atoms with van der Waals surface area (Å²) in [6, 6.07) is 5.84. The number of halogens is 2. The van der Waals surface area contributed by atoms with Gasteiger partial charge in [-0.2, -0.15) is 0 Å². The third-order valence-corrected chi connectivity index (χ3v) is 3.31. The third kappa shape index (κ3) is 2.07. The quantitative estimate of drug-likeness (QED) is 0.787. The first-order chi connectivity index (χ1) is 5.13. The molecule has 1 atom stereocenters. The Labute approximate surface area is 85.1 Å². The zero-order chi connectivity index (χ0) is 8.43. The first-order valence-electron chi connectivity index (χ1n) is 3.32. The van der Waals surface area contributed by atoms with Gasteiger partial charge in [0.1, 0.15) is 0 Å². The predicted octanol–water partition coefficient (Wildman–Crippen LogP) is 2.96. The van der Waals surface area contributed by atoms with Crippen molar-refractivity contribution in [2.24, 2.45) is 5.73 Å². The lowest BCUT2D eigenvalue weighted by atomic mass is 10.1. The molecule has 11 heavy (non-hydrogen) atoms. The molecule has 0 heterocycles. The number of rotatable bonds is 1. The van der Waals surface area contributed by atoms with E-state index >= 15 is 0 Å². The van der Waals surface area contributed by atoms with Crippen molar-refractivity contribution in [1.29, 1.82) is 0 Å². The smallest absolute Gasteiger partial charge is 0.0542 e. The van der Waals surface area contributed by atoms with Crippen molar-refractivity contribution < 1.29 is 0 Å². The molecule has 1 aromatic rings. The van der Waals surface area contributed by atoms with Crippen LogP contribution in [0.2, 0.25) is 5.02 Å². The van der Waals surface area contributed by atoms with E-state index in [-0.39, 0.29) is 6.04 Å². The maximum atomic E-state index is 5.89. The summed E-state index contributed by atoms with van der Waals surface area (Å²) in [5.74, 6) is 0. The molecule has 1 nitrogen and oxygen atoms in total. The van der Waals surface area contributed by atoms with Crippen LogP contribution < -0.4 is 5.73 Å². The van der Waals surface area contributed by atoms with Crippen LogP contribution in [0.15, 0.2) is 18.2 Å². The standard InChI is InChI=1S/C8H9ClIN/c1-5(11)6-3-2-4-7(9)8(6)10/h2-5H,11H2,1H3. The average Bonchev–Trinajstić information content (AvgIpc) is 1.94. The summed E-state index contributed by atoms with van der Waals surface area (Å²) in [7, 11) is 0. The van der Waals surface area contributed by atoms with Gasteiger partial charge in [-0.1, -0.05) is 23.7 Å². The summed E-state index contributed by atoms with van der Waals surface area (Å²) in [6.07, 6.45) is 0. The van der Waals surface area contributed by atoms with E-state index in [1.165, 1.54) is 0 Å². The van der Waals surface area contributed by atoms with Crippen LogP contribution in [0.1, 0.15) is 18.5 Å². The average molecular weight is 282 g/mol. The van der Waals surface area contributed by atoms with Gasteiger partial charge in [-0.15, -0.1) is 0 Å². The van der Waals surface area contributed by atoms with Crippen molar-refractivity contribution in [2.75, 3.05) is 0 Å². The van der Waals surface area contributed by atoms with Crippen molar-refractivity contribution in [3.63, 3.8) is 0 Å². The zero-order valence-electron chi connectivity index (χ0n) is 6.14. The van der Waals surface area contributed by atoms with Crippen LogP contribution in [-0.4, -0.2) is 0 Å². The van der Waals surface area contributed by atoms with E-state index in [0.717, 1.165) is 14.2 Å². The molecule has 0 saturated carbocycles. The monoisotopic (exact) mass is 281 g/mol. The van der Waals surface area contributed by atoms with Crippen LogP contribution in [-0.2, 0) is 0 Å². The van der Waals surface area contributed by atoms with Crippen molar-refractivity contribution in [3.05, 3.63) is 32.4 Å². The van der Waals surface area contributed by atoms with Gasteiger partial charge in [-0.3, -0.25) is 0 Å². The second-order valence-electron chi connectivity index (χ2n) is 2.43. The molecule has 1 aromatic carbocycles. The van der Waals surface area contributed by atoms with Crippen LogP contribution in [0.5, 0.6) is 0 Å². The molecule has 0 radical (unpaired) electrons. The normalized spacial score (nSPS) is 13.1. The Hall–Kier alpha value is 0.200. The summed E-state index contributed by atoms with van der Waals surface area (Å²) in [5, 5.41) is 0.778. The fourth-order valence-electron chi connectivity index (χ4n) is 0.872. The molecule has 0 aliphatic heterocycles. The molecule has 0 aromatic heterocycles. The molecular weight excluding hydrogens is 272 g/mol. The van der Waals surface area contributed by atoms with Gasteiger partial charge in [0, 0.05) is 9.61 Å². The molecule has 0 amide bonds. The molecular formula is C8H9ClIN. The van der Waals surface area contributed by atoms with Gasteiger partial charge in [0.15, 0.2) is 0 Å². The van der Waals surface area contributed by atoms with Crippen LogP contribution in [0.25, 0.3) is 0 Å². The van der Waals surface area contributed by atoms with E-state index in [0.29, 0.717) is 0 Å². The lowest BCUT2D eigenvalue weighted by Gasteiger charge is -2.08. The molecule has 60 valence electrons. The SMILES string of the molecule is CC(N)c1cccc(Cl)c1I. The van der Waals surface area contributed by atoms with Gasteiger partial charge in [0.2, 0.25) is 0 Å². The highest BCUT2D eigenvalue weighted by Gasteiger charge is 2.06.